The molecule has 0 radical (unpaired) electrons. The third kappa shape index (κ3) is 7.71. The predicted molar refractivity (Wildman–Crippen MR) is 124 cm³/mol. The number of rotatable bonds is 13. The molecule has 0 saturated carbocycles. The minimum atomic E-state index is -1.72. The molecule has 2 aromatic carbocycles. The Balaban J connectivity index is 2.45. The van der Waals surface area contributed by atoms with Crippen molar-refractivity contribution in [3.63, 3.8) is 0 Å². The molecule has 0 aromatic heterocycles. The summed E-state index contributed by atoms with van der Waals surface area (Å²) in [5.74, 6) is -5.55. The summed E-state index contributed by atoms with van der Waals surface area (Å²) in [5, 5.41) is 11.9. The number of hydrogen-bond donors (Lipinski definition) is 5. The maximum atomic E-state index is 15.2. The lowest BCUT2D eigenvalue weighted by Crippen LogP contribution is -2.40. The zero-order valence-corrected chi connectivity index (χ0v) is 20.4. The molecule has 36 heavy (non-hydrogen) atoms. The lowest BCUT2D eigenvalue weighted by Gasteiger charge is -2.22. The lowest BCUT2D eigenvalue weighted by molar-refractivity contribution is -0.178. The number of nitrogens with one attached hydrogen (secondary N) is 4. The van der Waals surface area contributed by atoms with E-state index in [1.165, 1.54) is 19.2 Å². The number of aryl methyl sites for hydroxylation is 1. The summed E-state index contributed by atoms with van der Waals surface area (Å²) in [6.07, 6.45) is 0. The van der Waals surface area contributed by atoms with Gasteiger partial charge in [-0.3, -0.25) is 19.3 Å². The summed E-state index contributed by atoms with van der Waals surface area (Å²) in [6.45, 7) is -0.193. The molecule has 198 valence electrons. The zero-order chi connectivity index (χ0) is 26.8. The van der Waals surface area contributed by atoms with Gasteiger partial charge in [0.25, 0.3) is 11.8 Å². The molecule has 0 saturated heterocycles. The van der Waals surface area contributed by atoms with Crippen molar-refractivity contribution in [3.8, 4) is 0 Å². The molecule has 5 N–H and O–H groups in total. The van der Waals surface area contributed by atoms with Gasteiger partial charge >= 0.3 is 0 Å². The van der Waals surface area contributed by atoms with Crippen LogP contribution in [-0.4, -0.2) is 60.1 Å². The van der Waals surface area contributed by atoms with Crippen LogP contribution in [0.4, 0.5) is 24.5 Å². The molecule has 0 heterocycles. The largest absolute Gasteiger partial charge is 0.394 e. The molecule has 2 aromatic rings. The molecule has 11 nitrogen and oxygen atoms in total. The molecule has 1 atom stereocenters. The highest BCUT2D eigenvalue weighted by molar-refractivity contribution is 7.81. The van der Waals surface area contributed by atoms with Crippen molar-refractivity contribution in [2.45, 2.75) is 13.5 Å². The van der Waals surface area contributed by atoms with Crippen molar-refractivity contribution in [2.24, 2.45) is 0 Å². The summed E-state index contributed by atoms with van der Waals surface area (Å²) >= 11 is -1.72. The van der Waals surface area contributed by atoms with Crippen LogP contribution in [-0.2, 0) is 32.2 Å². The Morgan fingerprint density at radius 3 is 2.50 bits per heavy atom. The van der Waals surface area contributed by atoms with Gasteiger partial charge < -0.3 is 10.4 Å². The van der Waals surface area contributed by atoms with Crippen LogP contribution in [0.1, 0.15) is 21.5 Å². The highest BCUT2D eigenvalue weighted by atomic mass is 32.2. The Labute approximate surface area is 207 Å². The quantitative estimate of drug-likeness (QED) is 0.192. The van der Waals surface area contributed by atoms with Crippen LogP contribution in [0.3, 0.4) is 0 Å². The first-order valence-corrected chi connectivity index (χ1v) is 11.5. The van der Waals surface area contributed by atoms with E-state index in [1.807, 2.05) is 5.48 Å². The SMILES string of the molecule is CNS(=O)NCC(=O)N(Cc1cc(C(=O)NOCCO)c(Nc2ccc(C)cc2F)c(F)c1F)OC. The Hall–Kier alpha value is -3.08. The average Bonchev–Trinajstić information content (AvgIpc) is 2.86. The van der Waals surface area contributed by atoms with Gasteiger partial charge in [0.15, 0.2) is 22.8 Å². The van der Waals surface area contributed by atoms with Gasteiger partial charge in [0.05, 0.1) is 50.4 Å². The zero-order valence-electron chi connectivity index (χ0n) is 19.6. The lowest BCUT2D eigenvalue weighted by atomic mass is 10.0. The molecular weight excluding hydrogens is 507 g/mol. The summed E-state index contributed by atoms with van der Waals surface area (Å²) in [6, 6.07) is 4.90. The number of aliphatic hydroxyl groups excluding tert-OH is 1. The molecule has 1 unspecified atom stereocenters. The molecule has 0 fully saturated rings. The highest BCUT2D eigenvalue weighted by Crippen LogP contribution is 2.31. The van der Waals surface area contributed by atoms with Crippen LogP contribution in [0, 0.1) is 24.4 Å². The maximum Gasteiger partial charge on any atom is 0.277 e. The van der Waals surface area contributed by atoms with Crippen LogP contribution in [0.25, 0.3) is 0 Å². The summed E-state index contributed by atoms with van der Waals surface area (Å²) in [7, 11) is 2.49. The second kappa shape index (κ2) is 13.9. The predicted octanol–water partition coefficient (Wildman–Crippen LogP) is 1.09. The number of nitrogens with zero attached hydrogens (tertiary/aromatic N) is 1. The number of anilines is 2. The molecule has 0 spiro atoms. The smallest absolute Gasteiger partial charge is 0.277 e. The summed E-state index contributed by atoms with van der Waals surface area (Å²) < 4.78 is 60.7. The van der Waals surface area contributed by atoms with E-state index in [0.29, 0.717) is 10.6 Å². The number of carbonyl (C=O) groups excluding carboxylic acids is 2. The van der Waals surface area contributed by atoms with Gasteiger partial charge in [0.1, 0.15) is 5.82 Å². The Bertz CT molecular complexity index is 1120. The monoisotopic (exact) mass is 533 g/mol. The minimum absolute atomic E-state index is 0.228. The van der Waals surface area contributed by atoms with E-state index < -0.39 is 76.9 Å². The van der Waals surface area contributed by atoms with Crippen molar-refractivity contribution < 1.29 is 41.8 Å². The number of amides is 2. The molecule has 2 amide bonds. The Morgan fingerprint density at radius 1 is 1.17 bits per heavy atom. The molecule has 0 aliphatic carbocycles. The van der Waals surface area contributed by atoms with Gasteiger partial charge in [0.2, 0.25) is 0 Å². The number of benzene rings is 2. The van der Waals surface area contributed by atoms with Crippen molar-refractivity contribution in [1.82, 2.24) is 20.0 Å². The van der Waals surface area contributed by atoms with Crippen LogP contribution >= 0.6 is 0 Å². The molecular formula is C21H26F3N5O6S. The van der Waals surface area contributed by atoms with Crippen LogP contribution in [0.15, 0.2) is 24.3 Å². The van der Waals surface area contributed by atoms with E-state index in [0.717, 1.165) is 19.2 Å². The third-order valence-electron chi connectivity index (χ3n) is 4.62. The van der Waals surface area contributed by atoms with E-state index >= 15 is 8.78 Å². The molecule has 0 aliphatic heterocycles. The van der Waals surface area contributed by atoms with Gasteiger partial charge in [-0.25, -0.2) is 37.4 Å². The van der Waals surface area contributed by atoms with E-state index in [1.54, 1.807) is 6.92 Å². The fourth-order valence-electron chi connectivity index (χ4n) is 2.87. The molecule has 15 heteroatoms. The summed E-state index contributed by atoms with van der Waals surface area (Å²) in [5.41, 5.74) is 0.683. The van der Waals surface area contributed by atoms with Gasteiger partial charge in [-0.05, 0) is 37.7 Å². The first-order valence-electron chi connectivity index (χ1n) is 10.4. The van der Waals surface area contributed by atoms with Crippen LogP contribution in [0.2, 0.25) is 0 Å². The highest BCUT2D eigenvalue weighted by Gasteiger charge is 2.26. The average molecular weight is 534 g/mol. The Morgan fingerprint density at radius 2 is 1.89 bits per heavy atom. The van der Waals surface area contributed by atoms with Gasteiger partial charge in [0, 0.05) is 5.56 Å². The van der Waals surface area contributed by atoms with Gasteiger partial charge in [-0.2, -0.15) is 0 Å². The maximum absolute atomic E-state index is 15.2. The van der Waals surface area contributed by atoms with Crippen molar-refractivity contribution in [1.29, 1.82) is 0 Å². The first-order chi connectivity index (χ1) is 17.1. The van der Waals surface area contributed by atoms with E-state index in [4.69, 9.17) is 14.8 Å². The standard InChI is InChI=1S/C21H26F3N5O6S/c1-12-4-5-16(15(22)8-12)27-20-14(21(32)28-35-7-6-30)9-13(18(23)19(20)24)11-29(34-3)17(31)10-26-36(33)25-2/h4-5,8-9,25-27,30H,6-7,10-11H2,1-3H3,(H,28,32). The van der Waals surface area contributed by atoms with E-state index in [9.17, 15) is 18.2 Å². The van der Waals surface area contributed by atoms with Gasteiger partial charge in [-0.1, -0.05) is 6.07 Å². The normalized spacial score (nSPS) is 11.8. The van der Waals surface area contributed by atoms with Crippen molar-refractivity contribution in [3.05, 3.63) is 58.4 Å². The molecule has 0 aliphatic rings. The minimum Gasteiger partial charge on any atom is -0.394 e. The number of halogens is 3. The fraction of sp³-hybridized carbons (Fsp3) is 0.333. The Kier molecular flexibility index (Phi) is 11.2. The third-order valence-corrected chi connectivity index (χ3v) is 5.40. The fourth-order valence-corrected chi connectivity index (χ4v) is 3.26. The van der Waals surface area contributed by atoms with Crippen molar-refractivity contribution in [2.75, 3.05) is 39.2 Å². The second-order valence-electron chi connectivity index (χ2n) is 7.10. The first kappa shape index (κ1) is 29.2. The molecule has 0 bridgehead atoms. The van der Waals surface area contributed by atoms with Crippen molar-refractivity contribution >= 4 is 34.4 Å². The molecule has 2 rings (SSSR count). The van der Waals surface area contributed by atoms with Crippen LogP contribution < -0.4 is 20.2 Å². The van der Waals surface area contributed by atoms with Gasteiger partial charge in [-0.15, -0.1) is 0 Å². The van der Waals surface area contributed by atoms with Crippen LogP contribution in [0.5, 0.6) is 0 Å². The number of hydroxylamine groups is 3. The summed E-state index contributed by atoms with van der Waals surface area (Å²) in [4.78, 5) is 34.7. The van der Waals surface area contributed by atoms with E-state index in [-0.39, 0.29) is 12.3 Å². The second-order valence-corrected chi connectivity index (χ2v) is 8.34. The number of aliphatic hydroxyl groups is 1. The topological polar surface area (TPSA) is 141 Å². The van der Waals surface area contributed by atoms with E-state index in [2.05, 4.69) is 14.8 Å². The number of carbonyl (C=O) groups is 2. The number of hydrogen-bond acceptors (Lipinski definition) is 7.